The minimum absolute atomic E-state index is 0.0634. The van der Waals surface area contributed by atoms with E-state index in [2.05, 4.69) is 25.6 Å². The molecule has 0 radical (unpaired) electrons. The Morgan fingerprint density at radius 1 is 0.957 bits per heavy atom. The van der Waals surface area contributed by atoms with Crippen molar-refractivity contribution >= 4 is 45.7 Å². The van der Waals surface area contributed by atoms with Crippen LogP contribution in [0.15, 0.2) is 65.7 Å². The van der Waals surface area contributed by atoms with E-state index in [9.17, 15) is 35.9 Å². The standard InChI is InChI=1S/C32H26F6N6O2S/c33-31(34,35)20-5-6-23(24(14-20)32(36,37)38)25-13-19-3-1-2-4-22(19)26(42-25)17-39-16-18-8-11-44(12-9-18)29-40-10-7-21(41-29)15-27-28(45)43-30(46)47-27/h1-7,10,13-15,18,39H,8-9,11-12,16-17H2,(H,43,45,46)/b27-15+. The zero-order chi connectivity index (χ0) is 33.3. The molecule has 8 nitrogen and oxygen atoms in total. The first-order valence-corrected chi connectivity index (χ1v) is 15.4. The lowest BCUT2D eigenvalue weighted by molar-refractivity contribution is -0.142. The van der Waals surface area contributed by atoms with E-state index in [1.54, 1.807) is 42.6 Å². The van der Waals surface area contributed by atoms with Gasteiger partial charge in [0.15, 0.2) is 0 Å². The van der Waals surface area contributed by atoms with E-state index in [0.29, 0.717) is 48.4 Å². The SMILES string of the molecule is O=C1NC(=O)/C(=C\c2ccnc(N3CCC(CNCc4nc(-c5ccc(C(F)(F)F)cc5C(F)(F)F)cc5ccccc45)CC3)n2)S1. The quantitative estimate of drug-likeness (QED) is 0.159. The molecule has 2 aromatic carbocycles. The number of halogens is 6. The van der Waals surface area contributed by atoms with Crippen LogP contribution in [0.3, 0.4) is 0 Å². The number of anilines is 1. The molecule has 0 saturated carbocycles. The highest BCUT2D eigenvalue weighted by molar-refractivity contribution is 8.18. The highest BCUT2D eigenvalue weighted by Gasteiger charge is 2.38. The first-order chi connectivity index (χ1) is 22.3. The summed E-state index contributed by atoms with van der Waals surface area (Å²) in [7, 11) is 0. The van der Waals surface area contributed by atoms with Gasteiger partial charge in [0.2, 0.25) is 5.95 Å². The number of amides is 2. The second-order valence-corrected chi connectivity index (χ2v) is 12.1. The average Bonchev–Trinajstić information content (AvgIpc) is 3.35. The minimum atomic E-state index is -5.02. The number of hydrogen-bond acceptors (Lipinski definition) is 8. The van der Waals surface area contributed by atoms with Crippen LogP contribution < -0.4 is 15.5 Å². The van der Waals surface area contributed by atoms with Gasteiger partial charge in [-0.05, 0) is 72.8 Å². The van der Waals surface area contributed by atoms with Crippen molar-refractivity contribution in [2.75, 3.05) is 24.5 Å². The highest BCUT2D eigenvalue weighted by Crippen LogP contribution is 2.41. The fourth-order valence-corrected chi connectivity index (χ4v) is 6.27. The van der Waals surface area contributed by atoms with Gasteiger partial charge < -0.3 is 10.2 Å². The lowest BCUT2D eigenvalue weighted by Crippen LogP contribution is -2.38. The summed E-state index contributed by atoms with van der Waals surface area (Å²) in [5.74, 6) is 0.325. The van der Waals surface area contributed by atoms with E-state index in [0.717, 1.165) is 36.1 Å². The van der Waals surface area contributed by atoms with Crippen molar-refractivity contribution in [2.45, 2.75) is 31.7 Å². The van der Waals surface area contributed by atoms with Crippen molar-refractivity contribution < 1.29 is 35.9 Å². The maximum absolute atomic E-state index is 13.9. The molecule has 2 saturated heterocycles. The van der Waals surface area contributed by atoms with E-state index in [1.807, 2.05) is 4.90 Å². The van der Waals surface area contributed by atoms with E-state index < -0.39 is 40.2 Å². The number of fused-ring (bicyclic) bond motifs is 1. The number of piperidine rings is 1. The smallest absolute Gasteiger partial charge is 0.341 e. The molecule has 0 aliphatic carbocycles. The Kier molecular flexibility index (Phi) is 8.94. The number of pyridine rings is 1. The first-order valence-electron chi connectivity index (χ1n) is 14.6. The number of hydrogen-bond donors (Lipinski definition) is 2. The molecule has 2 aromatic heterocycles. The summed E-state index contributed by atoms with van der Waals surface area (Å²) in [6, 6.07) is 11.8. The summed E-state index contributed by atoms with van der Waals surface area (Å²) in [4.78, 5) is 39.0. The fraction of sp³-hybridized carbons (Fsp3) is 0.281. The van der Waals surface area contributed by atoms with Crippen LogP contribution in [0.2, 0.25) is 0 Å². The van der Waals surface area contributed by atoms with Crippen LogP contribution in [0.1, 0.15) is 35.4 Å². The topological polar surface area (TPSA) is 100 Å². The molecule has 2 N–H and O–H groups in total. The maximum atomic E-state index is 13.9. The maximum Gasteiger partial charge on any atom is 0.417 e. The van der Waals surface area contributed by atoms with Gasteiger partial charge in [-0.1, -0.05) is 30.3 Å². The minimum Gasteiger partial charge on any atom is -0.341 e. The van der Waals surface area contributed by atoms with Crippen LogP contribution >= 0.6 is 11.8 Å². The summed E-state index contributed by atoms with van der Waals surface area (Å²) in [5.41, 5.74) is -2.28. The lowest BCUT2D eigenvalue weighted by atomic mass is 9.96. The number of benzene rings is 2. The Morgan fingerprint density at radius 3 is 2.43 bits per heavy atom. The number of carbonyl (C=O) groups is 2. The van der Waals surface area contributed by atoms with Gasteiger partial charge in [-0.2, -0.15) is 26.3 Å². The van der Waals surface area contributed by atoms with Gasteiger partial charge in [0.05, 0.1) is 33.1 Å². The van der Waals surface area contributed by atoms with Gasteiger partial charge in [0.1, 0.15) is 0 Å². The van der Waals surface area contributed by atoms with Crippen molar-refractivity contribution in [1.82, 2.24) is 25.6 Å². The fourth-order valence-electron chi connectivity index (χ4n) is 5.60. The van der Waals surface area contributed by atoms with Crippen molar-refractivity contribution in [2.24, 2.45) is 5.92 Å². The number of rotatable bonds is 7. The number of carbonyl (C=O) groups excluding carboxylic acids is 2. The molecule has 2 fully saturated rings. The largest absolute Gasteiger partial charge is 0.417 e. The zero-order valence-electron chi connectivity index (χ0n) is 24.5. The summed E-state index contributed by atoms with van der Waals surface area (Å²) in [5, 5.41) is 6.49. The molecule has 0 unspecified atom stereocenters. The third-order valence-corrected chi connectivity index (χ3v) is 8.77. The number of thioether (sulfide) groups is 1. The van der Waals surface area contributed by atoms with E-state index >= 15 is 0 Å². The Morgan fingerprint density at radius 2 is 1.72 bits per heavy atom. The average molecular weight is 673 g/mol. The number of alkyl halides is 6. The van der Waals surface area contributed by atoms with Crippen LogP contribution in [-0.4, -0.2) is 45.7 Å². The predicted molar refractivity (Wildman–Crippen MR) is 165 cm³/mol. The Balaban J connectivity index is 1.13. The number of nitrogens with one attached hydrogen (secondary N) is 2. The van der Waals surface area contributed by atoms with Gasteiger partial charge in [-0.25, -0.2) is 9.97 Å². The van der Waals surface area contributed by atoms with Gasteiger partial charge in [0.25, 0.3) is 11.1 Å². The first kappa shape index (κ1) is 32.4. The van der Waals surface area contributed by atoms with Crippen molar-refractivity contribution in [1.29, 1.82) is 0 Å². The molecule has 0 atom stereocenters. The van der Waals surface area contributed by atoms with Crippen LogP contribution in [0, 0.1) is 5.92 Å². The third kappa shape index (κ3) is 7.41. The molecule has 15 heteroatoms. The number of imide groups is 1. The van der Waals surface area contributed by atoms with Gasteiger partial charge in [0, 0.05) is 36.8 Å². The zero-order valence-corrected chi connectivity index (χ0v) is 25.3. The highest BCUT2D eigenvalue weighted by atomic mass is 32.2. The number of aromatic nitrogens is 3. The normalized spacial score (nSPS) is 17.1. The van der Waals surface area contributed by atoms with Crippen molar-refractivity contribution in [3.63, 3.8) is 0 Å². The molecule has 2 amide bonds. The van der Waals surface area contributed by atoms with Crippen LogP contribution in [-0.2, 0) is 23.7 Å². The predicted octanol–water partition coefficient (Wildman–Crippen LogP) is 7.06. The van der Waals surface area contributed by atoms with Gasteiger partial charge >= 0.3 is 12.4 Å². The molecule has 47 heavy (non-hydrogen) atoms. The molecule has 4 aromatic rings. The third-order valence-electron chi connectivity index (χ3n) is 7.96. The summed E-state index contributed by atoms with van der Waals surface area (Å²) >= 11 is 0.813. The molecule has 244 valence electrons. The second kappa shape index (κ2) is 13.0. The molecular weight excluding hydrogens is 646 g/mol. The molecule has 0 bridgehead atoms. The van der Waals surface area contributed by atoms with Crippen LogP contribution in [0.25, 0.3) is 28.1 Å². The Labute approximate surface area is 268 Å². The van der Waals surface area contributed by atoms with E-state index in [-0.39, 0.29) is 29.1 Å². The Hall–Kier alpha value is -4.50. The van der Waals surface area contributed by atoms with E-state index in [1.165, 1.54) is 6.07 Å². The monoisotopic (exact) mass is 672 g/mol. The van der Waals surface area contributed by atoms with Crippen molar-refractivity contribution in [3.05, 3.63) is 88.2 Å². The summed E-state index contributed by atoms with van der Waals surface area (Å²) < 4.78 is 81.6. The lowest BCUT2D eigenvalue weighted by Gasteiger charge is -2.32. The number of nitrogens with zero attached hydrogens (tertiary/aromatic N) is 4. The molecule has 4 heterocycles. The molecule has 0 spiro atoms. The van der Waals surface area contributed by atoms with Crippen LogP contribution in [0.5, 0.6) is 0 Å². The Bertz CT molecular complexity index is 1870. The van der Waals surface area contributed by atoms with Crippen molar-refractivity contribution in [3.8, 4) is 11.3 Å². The molecule has 2 aliphatic heterocycles. The second-order valence-electron chi connectivity index (χ2n) is 11.1. The van der Waals surface area contributed by atoms with E-state index in [4.69, 9.17) is 0 Å². The van der Waals surface area contributed by atoms with Gasteiger partial charge in [-0.15, -0.1) is 0 Å². The molecule has 2 aliphatic rings. The summed E-state index contributed by atoms with van der Waals surface area (Å²) in [6.45, 7) is 2.19. The molecular formula is C32H26F6N6O2S. The van der Waals surface area contributed by atoms with Crippen LogP contribution in [0.4, 0.5) is 37.1 Å². The van der Waals surface area contributed by atoms with Gasteiger partial charge in [-0.3, -0.25) is 19.9 Å². The summed E-state index contributed by atoms with van der Waals surface area (Å²) in [6.07, 6.45) is -5.19. The molecule has 6 rings (SSSR count).